The molecule has 0 aromatic heterocycles. The van der Waals surface area contributed by atoms with Crippen molar-refractivity contribution < 1.29 is 9.53 Å². The summed E-state index contributed by atoms with van der Waals surface area (Å²) in [5, 5.41) is 3.36. The van der Waals surface area contributed by atoms with Gasteiger partial charge in [-0.2, -0.15) is 0 Å². The van der Waals surface area contributed by atoms with Crippen molar-refractivity contribution in [3.8, 4) is 0 Å². The molecule has 1 N–H and O–H groups in total. The minimum Gasteiger partial charge on any atom is -0.454 e. The zero-order chi connectivity index (χ0) is 15.8. The minimum absolute atomic E-state index is 0.0120. The zero-order valence-electron chi connectivity index (χ0n) is 13.9. The standard InChI is InChI=1S/C19H29NO2/c1-3-4-6-9-16(2)18(21)22-19(12-14-20-15-13-19)17-10-7-5-8-11-17/h5,7-8,10-11,16,20H,3-4,6,9,12-15H2,1-2H3. The van der Waals surface area contributed by atoms with Crippen LogP contribution in [0.3, 0.4) is 0 Å². The zero-order valence-corrected chi connectivity index (χ0v) is 13.9. The van der Waals surface area contributed by atoms with Crippen molar-refractivity contribution >= 4 is 5.97 Å². The molecule has 1 heterocycles. The Morgan fingerprint density at radius 2 is 1.91 bits per heavy atom. The van der Waals surface area contributed by atoms with Gasteiger partial charge in [0.25, 0.3) is 0 Å². The van der Waals surface area contributed by atoms with E-state index in [-0.39, 0.29) is 11.9 Å². The van der Waals surface area contributed by atoms with Crippen LogP contribution in [0.1, 0.15) is 57.9 Å². The van der Waals surface area contributed by atoms with Gasteiger partial charge >= 0.3 is 5.97 Å². The van der Waals surface area contributed by atoms with Crippen molar-refractivity contribution in [1.29, 1.82) is 0 Å². The summed E-state index contributed by atoms with van der Waals surface area (Å²) < 4.78 is 6.08. The molecule has 1 saturated heterocycles. The van der Waals surface area contributed by atoms with Crippen LogP contribution in [-0.2, 0) is 15.1 Å². The Hall–Kier alpha value is -1.35. The van der Waals surface area contributed by atoms with Gasteiger partial charge in [-0.15, -0.1) is 0 Å². The van der Waals surface area contributed by atoms with Crippen LogP contribution in [0, 0.1) is 5.92 Å². The first-order chi connectivity index (χ1) is 10.7. The van der Waals surface area contributed by atoms with Gasteiger partial charge < -0.3 is 10.1 Å². The van der Waals surface area contributed by atoms with Gasteiger partial charge in [-0.3, -0.25) is 4.79 Å². The van der Waals surface area contributed by atoms with E-state index in [2.05, 4.69) is 24.4 Å². The van der Waals surface area contributed by atoms with E-state index < -0.39 is 5.60 Å². The fourth-order valence-electron chi connectivity index (χ4n) is 3.13. The molecule has 3 heteroatoms. The van der Waals surface area contributed by atoms with Crippen molar-refractivity contribution in [2.24, 2.45) is 5.92 Å². The molecule has 0 spiro atoms. The van der Waals surface area contributed by atoms with Crippen LogP contribution < -0.4 is 5.32 Å². The molecule has 122 valence electrons. The van der Waals surface area contributed by atoms with E-state index >= 15 is 0 Å². The molecule has 0 radical (unpaired) electrons. The molecule has 22 heavy (non-hydrogen) atoms. The monoisotopic (exact) mass is 303 g/mol. The first kappa shape index (κ1) is 17.0. The number of nitrogens with one attached hydrogen (secondary N) is 1. The summed E-state index contributed by atoms with van der Waals surface area (Å²) in [6.07, 6.45) is 6.10. The number of rotatable bonds is 7. The van der Waals surface area contributed by atoms with E-state index in [0.29, 0.717) is 0 Å². The summed E-state index contributed by atoms with van der Waals surface area (Å²) in [5.41, 5.74) is 0.688. The number of esters is 1. The van der Waals surface area contributed by atoms with Crippen LogP contribution in [0.4, 0.5) is 0 Å². The summed E-state index contributed by atoms with van der Waals surface area (Å²) in [6.45, 7) is 5.97. The Kier molecular flexibility index (Phi) is 6.44. The molecule has 1 fully saturated rings. The van der Waals surface area contributed by atoms with Crippen LogP contribution in [-0.4, -0.2) is 19.1 Å². The molecule has 1 aliphatic rings. The van der Waals surface area contributed by atoms with Crippen molar-refractivity contribution in [3.63, 3.8) is 0 Å². The summed E-state index contributed by atoms with van der Waals surface area (Å²) in [7, 11) is 0. The Labute approximate surface area is 134 Å². The van der Waals surface area contributed by atoms with Gasteiger partial charge in [0.1, 0.15) is 5.60 Å². The highest BCUT2D eigenvalue weighted by Gasteiger charge is 2.38. The second kappa shape index (κ2) is 8.33. The number of carbonyl (C=O) groups is 1. The highest BCUT2D eigenvalue weighted by Crippen LogP contribution is 2.35. The lowest BCUT2D eigenvalue weighted by Gasteiger charge is -2.38. The van der Waals surface area contributed by atoms with Gasteiger partial charge in [0.15, 0.2) is 0 Å². The highest BCUT2D eigenvalue weighted by atomic mass is 16.6. The van der Waals surface area contributed by atoms with Crippen molar-refractivity contribution in [1.82, 2.24) is 5.32 Å². The number of hydrogen-bond acceptors (Lipinski definition) is 3. The third kappa shape index (κ3) is 4.33. The molecule has 0 bridgehead atoms. The Morgan fingerprint density at radius 3 is 2.55 bits per heavy atom. The number of piperidine rings is 1. The van der Waals surface area contributed by atoms with E-state index in [1.807, 2.05) is 25.1 Å². The molecule has 3 nitrogen and oxygen atoms in total. The van der Waals surface area contributed by atoms with E-state index in [4.69, 9.17) is 4.74 Å². The number of unbranched alkanes of at least 4 members (excludes halogenated alkanes) is 2. The van der Waals surface area contributed by atoms with E-state index in [1.165, 1.54) is 12.8 Å². The predicted molar refractivity (Wildman–Crippen MR) is 89.6 cm³/mol. The van der Waals surface area contributed by atoms with Gasteiger partial charge in [0, 0.05) is 12.8 Å². The summed E-state index contributed by atoms with van der Waals surface area (Å²) in [4.78, 5) is 12.5. The van der Waals surface area contributed by atoms with Gasteiger partial charge in [-0.25, -0.2) is 0 Å². The average molecular weight is 303 g/mol. The molecule has 1 aliphatic heterocycles. The number of ether oxygens (including phenoxy) is 1. The van der Waals surface area contributed by atoms with Crippen LogP contribution >= 0.6 is 0 Å². The maximum absolute atomic E-state index is 12.5. The van der Waals surface area contributed by atoms with Crippen molar-refractivity contribution in [2.75, 3.05) is 13.1 Å². The lowest BCUT2D eigenvalue weighted by atomic mass is 9.84. The molecule has 2 rings (SSSR count). The maximum Gasteiger partial charge on any atom is 0.309 e. The van der Waals surface area contributed by atoms with E-state index in [0.717, 1.165) is 44.3 Å². The average Bonchev–Trinajstić information content (AvgIpc) is 2.56. The Balaban J connectivity index is 2.05. The Morgan fingerprint density at radius 1 is 1.23 bits per heavy atom. The molecule has 0 aliphatic carbocycles. The van der Waals surface area contributed by atoms with Crippen molar-refractivity contribution in [3.05, 3.63) is 35.9 Å². The smallest absolute Gasteiger partial charge is 0.309 e. The van der Waals surface area contributed by atoms with E-state index in [1.54, 1.807) is 0 Å². The van der Waals surface area contributed by atoms with E-state index in [9.17, 15) is 4.79 Å². The summed E-state index contributed by atoms with van der Waals surface area (Å²) >= 11 is 0. The fourth-order valence-corrected chi connectivity index (χ4v) is 3.13. The SMILES string of the molecule is CCCCCC(C)C(=O)OC1(c2ccccc2)CCNCC1. The van der Waals surface area contributed by atoms with Crippen LogP contribution in [0.2, 0.25) is 0 Å². The number of carbonyl (C=O) groups excluding carboxylic acids is 1. The van der Waals surface area contributed by atoms with Gasteiger partial charge in [-0.05, 0) is 25.1 Å². The largest absolute Gasteiger partial charge is 0.454 e. The molecule has 0 saturated carbocycles. The first-order valence-electron chi connectivity index (χ1n) is 8.67. The van der Waals surface area contributed by atoms with Crippen LogP contribution in [0.15, 0.2) is 30.3 Å². The summed E-state index contributed by atoms with van der Waals surface area (Å²) in [6, 6.07) is 10.2. The number of hydrogen-bond donors (Lipinski definition) is 1. The molecule has 0 amide bonds. The van der Waals surface area contributed by atoms with Gasteiger partial charge in [0.05, 0.1) is 5.92 Å². The third-order valence-corrected chi connectivity index (χ3v) is 4.65. The highest BCUT2D eigenvalue weighted by molar-refractivity contribution is 5.72. The second-order valence-corrected chi connectivity index (χ2v) is 6.43. The molecule has 1 unspecified atom stereocenters. The molecule has 1 aromatic carbocycles. The topological polar surface area (TPSA) is 38.3 Å². The van der Waals surface area contributed by atoms with Gasteiger partial charge in [-0.1, -0.05) is 63.4 Å². The van der Waals surface area contributed by atoms with Crippen molar-refractivity contribution in [2.45, 2.75) is 58.0 Å². The predicted octanol–water partition coefficient (Wildman–Crippen LogP) is 4.02. The number of benzene rings is 1. The third-order valence-electron chi connectivity index (χ3n) is 4.65. The minimum atomic E-state index is -0.442. The molecule has 1 atom stereocenters. The Bertz CT molecular complexity index is 452. The lowest BCUT2D eigenvalue weighted by molar-refractivity contribution is -0.169. The lowest BCUT2D eigenvalue weighted by Crippen LogP contribution is -2.44. The molecule has 1 aromatic rings. The first-order valence-corrected chi connectivity index (χ1v) is 8.67. The molecular weight excluding hydrogens is 274 g/mol. The molecular formula is C19H29NO2. The fraction of sp³-hybridized carbons (Fsp3) is 0.632. The quantitative estimate of drug-likeness (QED) is 0.610. The maximum atomic E-state index is 12.5. The van der Waals surface area contributed by atoms with Crippen LogP contribution in [0.25, 0.3) is 0 Å². The normalized spacial score (nSPS) is 18.6. The second-order valence-electron chi connectivity index (χ2n) is 6.43. The van der Waals surface area contributed by atoms with Gasteiger partial charge in [0.2, 0.25) is 0 Å². The van der Waals surface area contributed by atoms with Crippen LogP contribution in [0.5, 0.6) is 0 Å². The summed E-state index contributed by atoms with van der Waals surface area (Å²) in [5.74, 6) is -0.0520.